The minimum atomic E-state index is -0.0167. The van der Waals surface area contributed by atoms with E-state index in [0.717, 1.165) is 29.4 Å². The molecule has 0 aliphatic heterocycles. The zero-order chi connectivity index (χ0) is 19.1. The van der Waals surface area contributed by atoms with Gasteiger partial charge in [-0.05, 0) is 53.0 Å². The maximum absolute atomic E-state index is 10.8. The molecule has 0 amide bonds. The summed E-state index contributed by atoms with van der Waals surface area (Å²) in [4.78, 5) is 1.57. The summed E-state index contributed by atoms with van der Waals surface area (Å²) in [5, 5.41) is 19.9. The van der Waals surface area contributed by atoms with Crippen LogP contribution in [0.3, 0.4) is 0 Å². The molecule has 0 atom stereocenters. The molecule has 2 aromatic carbocycles. The lowest BCUT2D eigenvalue weighted by molar-refractivity contribution is 0.284. The number of hydrogen-bond donors (Lipinski definition) is 1. The summed E-state index contributed by atoms with van der Waals surface area (Å²) in [6.45, 7) is 13.4. The first-order valence-electron chi connectivity index (χ1n) is 9.29. The van der Waals surface area contributed by atoms with Crippen molar-refractivity contribution in [2.24, 2.45) is 5.41 Å². The van der Waals surface area contributed by atoms with Gasteiger partial charge in [0.15, 0.2) is 0 Å². The molecular weight excluding hydrogens is 322 g/mol. The quantitative estimate of drug-likeness (QED) is 0.684. The van der Waals surface area contributed by atoms with Crippen LogP contribution in [0, 0.1) is 5.41 Å². The molecule has 0 bridgehead atoms. The molecule has 0 unspecified atom stereocenters. The number of hydrogen-bond acceptors (Lipinski definition) is 3. The Morgan fingerprint density at radius 2 is 1.54 bits per heavy atom. The van der Waals surface area contributed by atoms with Gasteiger partial charge in [0.2, 0.25) is 0 Å². The van der Waals surface area contributed by atoms with Crippen molar-refractivity contribution in [1.82, 2.24) is 15.0 Å². The summed E-state index contributed by atoms with van der Waals surface area (Å²) >= 11 is 0. The van der Waals surface area contributed by atoms with Gasteiger partial charge in [-0.25, -0.2) is 0 Å². The molecule has 0 fully saturated rings. The summed E-state index contributed by atoms with van der Waals surface area (Å²) in [6.07, 6.45) is 1.81. The molecule has 0 radical (unpaired) electrons. The minimum Gasteiger partial charge on any atom is -0.505 e. The van der Waals surface area contributed by atoms with Crippen molar-refractivity contribution in [3.63, 3.8) is 0 Å². The molecule has 0 aliphatic carbocycles. The van der Waals surface area contributed by atoms with Crippen molar-refractivity contribution < 1.29 is 5.11 Å². The van der Waals surface area contributed by atoms with Crippen LogP contribution in [-0.4, -0.2) is 20.1 Å². The molecule has 1 heterocycles. The van der Waals surface area contributed by atoms with Crippen molar-refractivity contribution >= 4 is 11.0 Å². The topological polar surface area (TPSA) is 50.9 Å². The number of phenolic OH excluding ortho intramolecular Hbond substituents is 1. The molecule has 1 N–H and O–H groups in total. The van der Waals surface area contributed by atoms with Crippen LogP contribution in [0.4, 0.5) is 0 Å². The Hall–Kier alpha value is -2.36. The van der Waals surface area contributed by atoms with E-state index in [1.54, 1.807) is 4.80 Å². The van der Waals surface area contributed by atoms with E-state index in [9.17, 15) is 5.11 Å². The molecule has 0 aliphatic rings. The van der Waals surface area contributed by atoms with Gasteiger partial charge in [-0.1, -0.05) is 59.7 Å². The molecule has 3 rings (SSSR count). The standard InChI is InChI=1S/C22H29N3O/c1-7-15-12-16(22(5,6)14-21(2,3)4)13-19(20(15)26)25-23-17-10-8-9-11-18(17)24-25/h8-13,26H,7,14H2,1-6H3. The Morgan fingerprint density at radius 3 is 2.04 bits per heavy atom. The fourth-order valence-electron chi connectivity index (χ4n) is 3.89. The molecule has 4 heteroatoms. The van der Waals surface area contributed by atoms with Crippen molar-refractivity contribution in [1.29, 1.82) is 0 Å². The molecule has 0 saturated carbocycles. The van der Waals surface area contributed by atoms with E-state index in [-0.39, 0.29) is 16.6 Å². The Bertz CT molecular complexity index is 899. The summed E-state index contributed by atoms with van der Waals surface area (Å²) in [5.41, 5.74) is 4.63. The van der Waals surface area contributed by atoms with Gasteiger partial charge in [-0.3, -0.25) is 0 Å². The maximum atomic E-state index is 10.8. The van der Waals surface area contributed by atoms with Crippen LogP contribution in [0.2, 0.25) is 0 Å². The van der Waals surface area contributed by atoms with Crippen LogP contribution in [0.5, 0.6) is 5.75 Å². The third-order valence-electron chi connectivity index (χ3n) is 4.81. The van der Waals surface area contributed by atoms with Crippen molar-refractivity contribution in [3.8, 4) is 11.4 Å². The number of nitrogens with zero attached hydrogens (tertiary/aromatic N) is 3. The minimum absolute atomic E-state index is 0.0167. The number of rotatable bonds is 4. The number of aromatic hydroxyl groups is 1. The van der Waals surface area contributed by atoms with E-state index < -0.39 is 0 Å². The van der Waals surface area contributed by atoms with E-state index in [2.05, 4.69) is 57.8 Å². The van der Waals surface area contributed by atoms with Gasteiger partial charge in [0.1, 0.15) is 22.5 Å². The highest BCUT2D eigenvalue weighted by molar-refractivity contribution is 5.73. The number of benzene rings is 2. The normalized spacial score (nSPS) is 12.7. The van der Waals surface area contributed by atoms with Crippen LogP contribution in [0.15, 0.2) is 36.4 Å². The molecule has 138 valence electrons. The highest BCUT2D eigenvalue weighted by Gasteiger charge is 2.29. The maximum Gasteiger partial charge on any atom is 0.146 e. The largest absolute Gasteiger partial charge is 0.505 e. The van der Waals surface area contributed by atoms with Gasteiger partial charge >= 0.3 is 0 Å². The molecule has 1 aromatic heterocycles. The second-order valence-electron chi connectivity index (χ2n) is 8.96. The molecule has 26 heavy (non-hydrogen) atoms. The van der Waals surface area contributed by atoms with Crippen molar-refractivity contribution in [3.05, 3.63) is 47.5 Å². The van der Waals surface area contributed by atoms with Crippen LogP contribution in [0.1, 0.15) is 59.1 Å². The van der Waals surface area contributed by atoms with Crippen LogP contribution in [0.25, 0.3) is 16.7 Å². The third-order valence-corrected chi connectivity index (χ3v) is 4.81. The Kier molecular flexibility index (Phi) is 4.55. The summed E-state index contributed by atoms with van der Waals surface area (Å²) in [7, 11) is 0. The average Bonchev–Trinajstić information content (AvgIpc) is 2.96. The molecular formula is C22H29N3O. The molecule has 0 saturated heterocycles. The monoisotopic (exact) mass is 351 g/mol. The van der Waals surface area contributed by atoms with Crippen LogP contribution < -0.4 is 0 Å². The van der Waals surface area contributed by atoms with Crippen molar-refractivity contribution in [2.45, 2.75) is 59.8 Å². The van der Waals surface area contributed by atoms with E-state index in [4.69, 9.17) is 0 Å². The second-order valence-corrected chi connectivity index (χ2v) is 8.96. The fourth-order valence-corrected chi connectivity index (χ4v) is 3.89. The first-order chi connectivity index (χ1) is 12.1. The van der Waals surface area contributed by atoms with E-state index in [0.29, 0.717) is 5.69 Å². The highest BCUT2D eigenvalue weighted by atomic mass is 16.3. The SMILES string of the molecule is CCc1cc(C(C)(C)CC(C)(C)C)cc(-n2nc3ccccc3n2)c1O. The molecule has 0 spiro atoms. The first-order valence-corrected chi connectivity index (χ1v) is 9.29. The predicted molar refractivity (Wildman–Crippen MR) is 107 cm³/mol. The van der Waals surface area contributed by atoms with Gasteiger partial charge in [-0.15, -0.1) is 15.0 Å². The zero-order valence-corrected chi connectivity index (χ0v) is 16.7. The lowest BCUT2D eigenvalue weighted by Crippen LogP contribution is -2.25. The smallest absolute Gasteiger partial charge is 0.146 e. The first kappa shape index (κ1) is 18.4. The number of fused-ring (bicyclic) bond motifs is 1. The zero-order valence-electron chi connectivity index (χ0n) is 16.7. The fraction of sp³-hybridized carbons (Fsp3) is 0.455. The van der Waals surface area contributed by atoms with Crippen molar-refractivity contribution in [2.75, 3.05) is 0 Å². The number of aryl methyl sites for hydroxylation is 1. The van der Waals surface area contributed by atoms with Crippen LogP contribution >= 0.6 is 0 Å². The molecule has 3 aromatic rings. The Balaban J connectivity index is 2.16. The van der Waals surface area contributed by atoms with E-state index in [1.807, 2.05) is 30.3 Å². The lowest BCUT2D eigenvalue weighted by atomic mass is 9.72. The predicted octanol–water partition coefficient (Wildman–Crippen LogP) is 5.40. The molecule has 4 nitrogen and oxygen atoms in total. The van der Waals surface area contributed by atoms with Gasteiger partial charge < -0.3 is 5.11 Å². The average molecular weight is 351 g/mol. The van der Waals surface area contributed by atoms with E-state index >= 15 is 0 Å². The summed E-state index contributed by atoms with van der Waals surface area (Å²) < 4.78 is 0. The number of aromatic nitrogens is 3. The third kappa shape index (κ3) is 3.59. The Labute approximate surface area is 155 Å². The number of phenols is 1. The van der Waals surface area contributed by atoms with Gasteiger partial charge in [0, 0.05) is 0 Å². The Morgan fingerprint density at radius 1 is 0.962 bits per heavy atom. The van der Waals surface area contributed by atoms with Gasteiger partial charge in [-0.2, -0.15) is 0 Å². The van der Waals surface area contributed by atoms with Gasteiger partial charge in [0.05, 0.1) is 0 Å². The highest BCUT2D eigenvalue weighted by Crippen LogP contribution is 2.39. The lowest BCUT2D eigenvalue weighted by Gasteiger charge is -2.33. The van der Waals surface area contributed by atoms with E-state index in [1.165, 1.54) is 5.56 Å². The van der Waals surface area contributed by atoms with Gasteiger partial charge in [0.25, 0.3) is 0 Å². The second kappa shape index (κ2) is 6.42. The summed E-state index contributed by atoms with van der Waals surface area (Å²) in [6, 6.07) is 11.9. The summed E-state index contributed by atoms with van der Waals surface area (Å²) in [5.74, 6) is 0.267. The van der Waals surface area contributed by atoms with Crippen LogP contribution in [-0.2, 0) is 11.8 Å².